The van der Waals surface area contributed by atoms with Crippen molar-refractivity contribution in [2.75, 3.05) is 18.0 Å². The van der Waals surface area contributed by atoms with Gasteiger partial charge in [0.1, 0.15) is 18.3 Å². The van der Waals surface area contributed by atoms with Crippen molar-refractivity contribution in [1.82, 2.24) is 10.2 Å². The fourth-order valence-electron chi connectivity index (χ4n) is 4.24. The molecule has 0 bridgehead atoms. The van der Waals surface area contributed by atoms with E-state index in [9.17, 15) is 18.0 Å². The van der Waals surface area contributed by atoms with Gasteiger partial charge >= 0.3 is 0 Å². The molecule has 0 aliphatic rings. The van der Waals surface area contributed by atoms with Gasteiger partial charge in [-0.15, -0.1) is 0 Å². The Morgan fingerprint density at radius 3 is 2.27 bits per heavy atom. The zero-order chi connectivity index (χ0) is 30.2. The van der Waals surface area contributed by atoms with Crippen molar-refractivity contribution in [3.8, 4) is 5.75 Å². The summed E-state index contributed by atoms with van der Waals surface area (Å²) in [5.74, 6) is -0.308. The van der Waals surface area contributed by atoms with Crippen LogP contribution in [0.4, 0.5) is 5.69 Å². The van der Waals surface area contributed by atoms with E-state index in [2.05, 4.69) is 5.32 Å². The average Bonchev–Trinajstić information content (AvgIpc) is 2.96. The van der Waals surface area contributed by atoms with E-state index in [1.807, 2.05) is 19.9 Å². The summed E-state index contributed by atoms with van der Waals surface area (Å²) < 4.78 is 34.1. The molecule has 0 aliphatic heterocycles. The minimum absolute atomic E-state index is 0.0142. The molecule has 0 saturated carbocycles. The maximum absolute atomic E-state index is 14.1. The second-order valence-electron chi connectivity index (χ2n) is 9.54. The normalized spacial score (nSPS) is 12.7. The van der Waals surface area contributed by atoms with Crippen molar-refractivity contribution < 1.29 is 22.7 Å². The predicted octanol–water partition coefficient (Wildman–Crippen LogP) is 5.92. The lowest BCUT2D eigenvalue weighted by molar-refractivity contribution is -0.140. The number of amides is 2. The summed E-state index contributed by atoms with van der Waals surface area (Å²) in [6.45, 7) is 5.09. The van der Waals surface area contributed by atoms with E-state index in [4.69, 9.17) is 27.9 Å². The Bertz CT molecular complexity index is 1450. The summed E-state index contributed by atoms with van der Waals surface area (Å²) >= 11 is 12.6. The van der Waals surface area contributed by atoms with E-state index >= 15 is 0 Å². The van der Waals surface area contributed by atoms with E-state index < -0.39 is 28.5 Å². The Hall–Kier alpha value is -3.27. The molecule has 2 atom stereocenters. The standard InChI is InChI=1S/C30H35Cl2N3O5S/c1-5-21(3)33-30(37)27(6-2)34(19-22-11-10-12-24(17-22)40-4)29(36)20-35(28-16-15-23(31)18-26(28)32)41(38,39)25-13-8-7-9-14-25/h7-18,21,27H,5-6,19-20H2,1-4H3,(H,33,37). The highest BCUT2D eigenvalue weighted by Gasteiger charge is 2.34. The minimum atomic E-state index is -4.24. The van der Waals surface area contributed by atoms with Crippen molar-refractivity contribution >= 4 is 50.7 Å². The first kappa shape index (κ1) is 32.2. The van der Waals surface area contributed by atoms with Crippen LogP contribution in [0.25, 0.3) is 0 Å². The molecule has 0 aliphatic carbocycles. The summed E-state index contributed by atoms with van der Waals surface area (Å²) in [7, 11) is -2.70. The molecule has 0 heterocycles. The first-order valence-corrected chi connectivity index (χ1v) is 15.5. The van der Waals surface area contributed by atoms with Crippen LogP contribution in [-0.4, -0.2) is 50.9 Å². The average molecular weight is 621 g/mol. The van der Waals surface area contributed by atoms with Crippen LogP contribution in [0, 0.1) is 0 Å². The smallest absolute Gasteiger partial charge is 0.264 e. The topological polar surface area (TPSA) is 96.0 Å². The van der Waals surface area contributed by atoms with Crippen molar-refractivity contribution in [2.45, 2.75) is 57.1 Å². The first-order valence-electron chi connectivity index (χ1n) is 13.3. The van der Waals surface area contributed by atoms with Gasteiger partial charge in [-0.05, 0) is 67.8 Å². The number of halogens is 2. The van der Waals surface area contributed by atoms with Crippen molar-refractivity contribution in [3.63, 3.8) is 0 Å². The van der Waals surface area contributed by atoms with Crippen LogP contribution in [0.2, 0.25) is 10.0 Å². The number of nitrogens with zero attached hydrogens (tertiary/aromatic N) is 2. The number of anilines is 1. The molecule has 0 aromatic heterocycles. The lowest BCUT2D eigenvalue weighted by Gasteiger charge is -2.34. The third-order valence-electron chi connectivity index (χ3n) is 6.66. The summed E-state index contributed by atoms with van der Waals surface area (Å²) in [6.07, 6.45) is 1.02. The Labute approximate surface area is 252 Å². The molecule has 2 amide bonds. The summed E-state index contributed by atoms with van der Waals surface area (Å²) in [4.78, 5) is 28.9. The third-order valence-corrected chi connectivity index (χ3v) is 8.97. The lowest BCUT2D eigenvalue weighted by Crippen LogP contribution is -2.53. The second-order valence-corrected chi connectivity index (χ2v) is 12.2. The number of sulfonamides is 1. The van der Waals surface area contributed by atoms with Crippen LogP contribution in [0.5, 0.6) is 5.75 Å². The van der Waals surface area contributed by atoms with Crippen LogP contribution in [0.15, 0.2) is 77.7 Å². The SMILES string of the molecule is CCC(C)NC(=O)C(CC)N(Cc1cccc(OC)c1)C(=O)CN(c1ccc(Cl)cc1Cl)S(=O)(=O)c1ccccc1. The van der Waals surface area contributed by atoms with E-state index in [1.165, 1.54) is 35.2 Å². The monoisotopic (exact) mass is 619 g/mol. The van der Waals surface area contributed by atoms with Gasteiger partial charge in [-0.2, -0.15) is 0 Å². The number of ether oxygens (including phenoxy) is 1. The number of hydrogen-bond donors (Lipinski definition) is 1. The molecule has 2 unspecified atom stereocenters. The number of nitrogens with one attached hydrogen (secondary N) is 1. The molecule has 3 aromatic rings. The predicted molar refractivity (Wildman–Crippen MR) is 163 cm³/mol. The molecular formula is C30H35Cl2N3O5S. The molecule has 0 fully saturated rings. The fraction of sp³-hybridized carbons (Fsp3) is 0.333. The summed E-state index contributed by atoms with van der Waals surface area (Å²) in [5, 5.41) is 3.33. The molecule has 0 spiro atoms. The Morgan fingerprint density at radius 1 is 0.951 bits per heavy atom. The van der Waals surface area contributed by atoms with Crippen LogP contribution in [0.1, 0.15) is 39.2 Å². The maximum atomic E-state index is 14.1. The second kappa shape index (κ2) is 14.6. The van der Waals surface area contributed by atoms with Crippen LogP contribution in [-0.2, 0) is 26.2 Å². The lowest BCUT2D eigenvalue weighted by atomic mass is 10.1. The van der Waals surface area contributed by atoms with Gasteiger partial charge in [0.15, 0.2) is 0 Å². The van der Waals surface area contributed by atoms with E-state index in [0.717, 1.165) is 9.87 Å². The molecule has 0 radical (unpaired) electrons. The number of rotatable bonds is 13. The first-order chi connectivity index (χ1) is 19.5. The number of methoxy groups -OCH3 is 1. The number of hydrogen-bond acceptors (Lipinski definition) is 5. The van der Waals surface area contributed by atoms with Gasteiger partial charge in [-0.25, -0.2) is 8.42 Å². The largest absolute Gasteiger partial charge is 0.497 e. The molecule has 220 valence electrons. The number of benzene rings is 3. The highest BCUT2D eigenvalue weighted by Crippen LogP contribution is 2.33. The van der Waals surface area contributed by atoms with Crippen molar-refractivity contribution in [1.29, 1.82) is 0 Å². The highest BCUT2D eigenvalue weighted by atomic mass is 35.5. The third kappa shape index (κ3) is 8.15. The zero-order valence-electron chi connectivity index (χ0n) is 23.5. The molecule has 0 saturated heterocycles. The minimum Gasteiger partial charge on any atom is -0.497 e. The molecule has 11 heteroatoms. The molecule has 8 nitrogen and oxygen atoms in total. The van der Waals surface area contributed by atoms with Crippen molar-refractivity contribution in [3.05, 3.63) is 88.4 Å². The molecular weight excluding hydrogens is 585 g/mol. The molecule has 1 N–H and O–H groups in total. The summed E-state index contributed by atoms with van der Waals surface area (Å²) in [5.41, 5.74) is 0.807. The van der Waals surface area contributed by atoms with Gasteiger partial charge in [0, 0.05) is 17.6 Å². The van der Waals surface area contributed by atoms with Gasteiger partial charge in [0.05, 0.1) is 22.7 Å². The Balaban J connectivity index is 2.09. The highest BCUT2D eigenvalue weighted by molar-refractivity contribution is 7.92. The maximum Gasteiger partial charge on any atom is 0.264 e. The van der Waals surface area contributed by atoms with Crippen LogP contribution >= 0.6 is 23.2 Å². The molecule has 41 heavy (non-hydrogen) atoms. The van der Waals surface area contributed by atoms with Gasteiger partial charge in [0.2, 0.25) is 11.8 Å². The van der Waals surface area contributed by atoms with Gasteiger partial charge < -0.3 is 15.0 Å². The van der Waals surface area contributed by atoms with Crippen LogP contribution < -0.4 is 14.4 Å². The van der Waals surface area contributed by atoms with E-state index in [-0.39, 0.29) is 34.1 Å². The van der Waals surface area contributed by atoms with Gasteiger partial charge in [0.25, 0.3) is 10.0 Å². The van der Waals surface area contributed by atoms with E-state index in [0.29, 0.717) is 23.6 Å². The van der Waals surface area contributed by atoms with Gasteiger partial charge in [-0.1, -0.05) is 67.4 Å². The zero-order valence-corrected chi connectivity index (χ0v) is 25.8. The number of carbonyl (C=O) groups is 2. The van der Waals surface area contributed by atoms with E-state index in [1.54, 1.807) is 50.4 Å². The fourth-order valence-corrected chi connectivity index (χ4v) is 6.26. The Morgan fingerprint density at radius 2 is 1.66 bits per heavy atom. The quantitative estimate of drug-likeness (QED) is 0.256. The molecule has 3 rings (SSSR count). The molecule has 3 aromatic carbocycles. The van der Waals surface area contributed by atoms with Crippen molar-refractivity contribution in [2.24, 2.45) is 0 Å². The van der Waals surface area contributed by atoms with Crippen LogP contribution in [0.3, 0.4) is 0 Å². The van der Waals surface area contributed by atoms with Gasteiger partial charge in [-0.3, -0.25) is 13.9 Å². The number of carbonyl (C=O) groups excluding carboxylic acids is 2. The Kier molecular flexibility index (Phi) is 11.5. The summed E-state index contributed by atoms with van der Waals surface area (Å²) in [6, 6.07) is 18.3.